The van der Waals surface area contributed by atoms with Crippen LogP contribution in [0.25, 0.3) is 48.2 Å². The zero-order valence-electron chi connectivity index (χ0n) is 29.8. The van der Waals surface area contributed by atoms with E-state index in [2.05, 4.69) is 186 Å². The summed E-state index contributed by atoms with van der Waals surface area (Å²) in [7, 11) is -1.63. The fourth-order valence-electron chi connectivity index (χ4n) is 9.56. The molecule has 5 heterocycles. The lowest BCUT2D eigenvalue weighted by molar-refractivity contribution is 1.26. The fourth-order valence-corrected chi connectivity index (χ4v) is 12.0. The molecular weight excluding hydrogens is 678 g/mol. The van der Waals surface area contributed by atoms with Gasteiger partial charge in [0.2, 0.25) is 0 Å². The molecule has 2 aliphatic rings. The van der Waals surface area contributed by atoms with Crippen LogP contribution in [0.5, 0.6) is 0 Å². The van der Waals surface area contributed by atoms with Gasteiger partial charge in [0.05, 0.1) is 35.3 Å². The highest BCUT2D eigenvalue weighted by Gasteiger charge is 2.46. The van der Waals surface area contributed by atoms with Gasteiger partial charge >= 0.3 is 0 Å². The summed E-state index contributed by atoms with van der Waals surface area (Å²) in [5, 5.41) is 9.55. The molecule has 0 amide bonds. The van der Waals surface area contributed by atoms with Crippen molar-refractivity contribution in [2.24, 2.45) is 0 Å². The summed E-state index contributed by atoms with van der Waals surface area (Å²) in [6.45, 7) is 7.47. The second-order valence-corrected chi connectivity index (χ2v) is 21.8. The lowest BCUT2D eigenvalue weighted by Gasteiger charge is -2.43. The minimum atomic E-state index is -1.63. The molecule has 53 heavy (non-hydrogen) atoms. The third kappa shape index (κ3) is 3.84. The molecule has 3 nitrogen and oxygen atoms in total. The summed E-state index contributed by atoms with van der Waals surface area (Å²) in [4.78, 5) is 5.10. The van der Waals surface area contributed by atoms with Crippen LogP contribution in [0.1, 0.15) is 0 Å². The quantitative estimate of drug-likeness (QED) is 0.169. The Morgan fingerprint density at radius 1 is 0.509 bits per heavy atom. The van der Waals surface area contributed by atoms with Crippen LogP contribution in [0.15, 0.2) is 152 Å². The topological polar surface area (TPSA) is 10.9 Å². The van der Waals surface area contributed by atoms with Crippen LogP contribution in [0.3, 0.4) is 0 Å². The lowest BCUT2D eigenvalue weighted by Crippen LogP contribution is -2.61. The van der Waals surface area contributed by atoms with Crippen molar-refractivity contribution < 1.29 is 0 Å². The van der Waals surface area contributed by atoms with Gasteiger partial charge in [-0.1, -0.05) is 128 Å². The molecule has 0 atom stereocenters. The first-order valence-corrected chi connectivity index (χ1v) is 22.9. The van der Waals surface area contributed by atoms with Crippen molar-refractivity contribution in [3.63, 3.8) is 0 Å². The molecule has 3 aromatic heterocycles. The van der Waals surface area contributed by atoms with Crippen molar-refractivity contribution in [3.05, 3.63) is 152 Å². The summed E-state index contributed by atoms with van der Waals surface area (Å²) in [5.41, 5.74) is 14.2. The Morgan fingerprint density at radius 3 is 1.87 bits per heavy atom. The number of nitrogens with zero attached hydrogens (tertiary/aromatic N) is 3. The predicted molar refractivity (Wildman–Crippen MR) is 233 cm³/mol. The first-order valence-electron chi connectivity index (χ1n) is 18.6. The molecule has 12 rings (SSSR count). The average molecular weight is 712 g/mol. The van der Waals surface area contributed by atoms with Gasteiger partial charge in [-0.2, -0.15) is 0 Å². The molecule has 0 saturated heterocycles. The molecule has 2 aliphatic heterocycles. The Hall–Kier alpha value is -5.82. The van der Waals surface area contributed by atoms with Crippen LogP contribution in [0.4, 0.5) is 33.4 Å². The van der Waals surface area contributed by atoms with Crippen molar-refractivity contribution in [1.82, 2.24) is 4.40 Å². The highest BCUT2D eigenvalue weighted by molar-refractivity contribution is 7.26. The van der Waals surface area contributed by atoms with E-state index in [4.69, 9.17) is 0 Å². The SMILES string of the molecule is C[Si](C)(C)c1cc2c3ccccc3n3c4c5c(ccc4c(c1)c23)B1c2c(cccc2N5c2ccccc2)N(c2ccccc2)c2sc3ccccc3c21. The number of thiophene rings is 1. The molecular formula is C47H34BN3SSi. The van der Waals surface area contributed by atoms with Crippen LogP contribution in [-0.2, 0) is 0 Å². The van der Waals surface area contributed by atoms with Gasteiger partial charge in [-0.15, -0.1) is 11.3 Å². The van der Waals surface area contributed by atoms with Gasteiger partial charge in [-0.3, -0.25) is 0 Å². The van der Waals surface area contributed by atoms with Crippen LogP contribution >= 0.6 is 11.3 Å². The minimum absolute atomic E-state index is 0.0612. The fraction of sp³-hybridized carbons (Fsp3) is 0.0638. The van der Waals surface area contributed by atoms with Gasteiger partial charge in [0, 0.05) is 49.0 Å². The summed E-state index contributed by atoms with van der Waals surface area (Å²) < 4.78 is 3.93. The Bertz CT molecular complexity index is 3120. The predicted octanol–water partition coefficient (Wildman–Crippen LogP) is 10.7. The maximum atomic E-state index is 2.61. The smallest absolute Gasteiger partial charge is 0.254 e. The number of fused-ring (bicyclic) bond motifs is 13. The Morgan fingerprint density at radius 2 is 1.13 bits per heavy atom. The van der Waals surface area contributed by atoms with E-state index in [-0.39, 0.29) is 6.71 Å². The Labute approximate surface area is 313 Å². The number of hydrogen-bond acceptors (Lipinski definition) is 3. The number of aromatic nitrogens is 1. The van der Waals surface area contributed by atoms with Crippen LogP contribution < -0.4 is 31.4 Å². The van der Waals surface area contributed by atoms with Crippen molar-refractivity contribution in [3.8, 4) is 0 Å². The summed E-state index contributed by atoms with van der Waals surface area (Å²) in [5.74, 6) is 0. The van der Waals surface area contributed by atoms with E-state index in [0.29, 0.717) is 0 Å². The number of rotatable bonds is 3. The highest BCUT2D eigenvalue weighted by Crippen LogP contribution is 2.50. The van der Waals surface area contributed by atoms with E-state index in [0.717, 1.165) is 0 Å². The van der Waals surface area contributed by atoms with Crippen molar-refractivity contribution in [2.45, 2.75) is 19.6 Å². The van der Waals surface area contributed by atoms with Gasteiger partial charge in [-0.05, 0) is 70.3 Å². The number of anilines is 6. The molecule has 0 unspecified atom stereocenters. The van der Waals surface area contributed by atoms with E-state index in [1.807, 2.05) is 11.3 Å². The van der Waals surface area contributed by atoms with E-state index in [1.165, 1.54) is 103 Å². The molecule has 0 fully saturated rings. The second-order valence-electron chi connectivity index (χ2n) is 15.7. The molecule has 0 radical (unpaired) electrons. The first-order chi connectivity index (χ1) is 26.0. The lowest BCUT2D eigenvalue weighted by atomic mass is 9.33. The maximum absolute atomic E-state index is 2.61. The monoisotopic (exact) mass is 711 g/mol. The van der Waals surface area contributed by atoms with Crippen LogP contribution in [-0.4, -0.2) is 19.2 Å². The number of para-hydroxylation sites is 3. The molecule has 0 aliphatic carbocycles. The van der Waals surface area contributed by atoms with E-state index < -0.39 is 8.07 Å². The second kappa shape index (κ2) is 10.4. The summed E-state index contributed by atoms with van der Waals surface area (Å²) in [6, 6.07) is 57.0. The molecule has 10 aromatic rings. The van der Waals surface area contributed by atoms with Gasteiger partial charge in [-0.25, -0.2) is 0 Å². The molecule has 0 N–H and O–H groups in total. The molecule has 250 valence electrons. The average Bonchev–Trinajstić information content (AvgIpc) is 3.85. The molecule has 0 saturated carbocycles. The van der Waals surface area contributed by atoms with Gasteiger partial charge in [0.15, 0.2) is 0 Å². The third-order valence-electron chi connectivity index (χ3n) is 11.8. The molecule has 7 aromatic carbocycles. The summed E-state index contributed by atoms with van der Waals surface area (Å²) in [6.07, 6.45) is 0. The standard InChI is InChI=1S/C47H34BN3SSi/c1-53(2,3)31-27-35-32-19-10-12-21-38(32)51-44(35)36(28-31)33-25-26-37-46(45(33)51)49(29-15-6-4-7-16-29)39-22-14-23-40-43(39)48(37)42-34-20-11-13-24-41(34)52-47(42)50(40)30-17-8-5-9-18-30/h4-28H,1-3H3. The van der Waals surface area contributed by atoms with Gasteiger partial charge in [0.25, 0.3) is 6.71 Å². The zero-order chi connectivity index (χ0) is 35.2. The maximum Gasteiger partial charge on any atom is 0.254 e. The van der Waals surface area contributed by atoms with E-state index in [9.17, 15) is 0 Å². The third-order valence-corrected chi connectivity index (χ3v) is 15.0. The van der Waals surface area contributed by atoms with E-state index in [1.54, 1.807) is 0 Å². The first kappa shape index (κ1) is 29.7. The van der Waals surface area contributed by atoms with Crippen molar-refractivity contribution in [2.75, 3.05) is 9.80 Å². The largest absolute Gasteiger partial charge is 0.309 e. The summed E-state index contributed by atoms with van der Waals surface area (Å²) >= 11 is 1.92. The normalized spacial score (nSPS) is 13.8. The van der Waals surface area contributed by atoms with Crippen molar-refractivity contribution >= 4 is 129 Å². The number of benzene rings is 7. The highest BCUT2D eigenvalue weighted by atomic mass is 32.1. The minimum Gasteiger partial charge on any atom is -0.309 e. The molecule has 0 bridgehead atoms. The Kier molecular flexibility index (Phi) is 5.84. The molecule has 0 spiro atoms. The number of hydrogen-bond donors (Lipinski definition) is 0. The van der Waals surface area contributed by atoms with Crippen LogP contribution in [0, 0.1) is 0 Å². The Balaban J connectivity index is 1.29. The van der Waals surface area contributed by atoms with Gasteiger partial charge in [0.1, 0.15) is 0 Å². The van der Waals surface area contributed by atoms with E-state index >= 15 is 0 Å². The molecule has 6 heteroatoms. The zero-order valence-corrected chi connectivity index (χ0v) is 31.6. The van der Waals surface area contributed by atoms with Crippen LogP contribution in [0.2, 0.25) is 19.6 Å². The van der Waals surface area contributed by atoms with Crippen molar-refractivity contribution in [1.29, 1.82) is 0 Å². The van der Waals surface area contributed by atoms with Gasteiger partial charge < -0.3 is 14.2 Å².